The molecule has 3 rings (SSSR count). The van der Waals surface area contributed by atoms with E-state index in [1.165, 1.54) is 42.6 Å². The van der Waals surface area contributed by atoms with Crippen molar-refractivity contribution in [2.75, 3.05) is 17.2 Å². The van der Waals surface area contributed by atoms with Crippen molar-refractivity contribution < 1.29 is 0 Å². The van der Waals surface area contributed by atoms with E-state index in [-0.39, 0.29) is 0 Å². The molecule has 16 heavy (non-hydrogen) atoms. The normalized spacial score (nSPS) is 28.1. The molecule has 2 unspecified atom stereocenters. The summed E-state index contributed by atoms with van der Waals surface area (Å²) in [6, 6.07) is 7.33. The molecule has 2 aliphatic rings. The highest BCUT2D eigenvalue weighted by Crippen LogP contribution is 2.34. The number of hydrogen-bond acceptors (Lipinski definition) is 2. The van der Waals surface area contributed by atoms with E-state index in [1.807, 2.05) is 0 Å². The summed E-state index contributed by atoms with van der Waals surface area (Å²) < 4.78 is 0. The fourth-order valence-electron chi connectivity index (χ4n) is 3.01. The van der Waals surface area contributed by atoms with Gasteiger partial charge in [0.05, 0.1) is 11.4 Å². The predicted molar refractivity (Wildman–Crippen MR) is 69.0 cm³/mol. The summed E-state index contributed by atoms with van der Waals surface area (Å²) >= 11 is 0. The maximum atomic E-state index is 3.74. The van der Waals surface area contributed by atoms with E-state index in [1.54, 1.807) is 0 Å². The molecule has 0 spiro atoms. The lowest BCUT2D eigenvalue weighted by atomic mass is 9.84. The van der Waals surface area contributed by atoms with Gasteiger partial charge < -0.3 is 10.6 Å². The molecule has 0 amide bonds. The highest BCUT2D eigenvalue weighted by molar-refractivity contribution is 5.71. The van der Waals surface area contributed by atoms with Crippen LogP contribution in [-0.2, 0) is 0 Å². The Balaban J connectivity index is 1.90. The summed E-state index contributed by atoms with van der Waals surface area (Å²) in [5, 5.41) is 7.33. The van der Waals surface area contributed by atoms with Crippen LogP contribution in [0.15, 0.2) is 18.2 Å². The van der Waals surface area contributed by atoms with Crippen molar-refractivity contribution in [1.82, 2.24) is 0 Å². The Hall–Kier alpha value is -1.18. The lowest BCUT2D eigenvalue weighted by Crippen LogP contribution is -2.34. The van der Waals surface area contributed by atoms with Gasteiger partial charge in [-0.3, -0.25) is 0 Å². The van der Waals surface area contributed by atoms with Gasteiger partial charge in [0.1, 0.15) is 0 Å². The Kier molecular flexibility index (Phi) is 2.50. The molecule has 86 valence electrons. The van der Waals surface area contributed by atoms with E-state index in [0.717, 1.165) is 12.5 Å². The van der Waals surface area contributed by atoms with Crippen LogP contribution in [0.3, 0.4) is 0 Å². The first kappa shape index (κ1) is 10.0. The first-order valence-corrected chi connectivity index (χ1v) is 6.44. The molecule has 1 heterocycles. The smallest absolute Gasteiger partial charge is 0.0580 e. The monoisotopic (exact) mass is 216 g/mol. The van der Waals surface area contributed by atoms with Crippen LogP contribution < -0.4 is 10.6 Å². The molecule has 0 aromatic heterocycles. The lowest BCUT2D eigenvalue weighted by molar-refractivity contribution is 0.342. The van der Waals surface area contributed by atoms with Gasteiger partial charge in [0, 0.05) is 12.6 Å². The number of benzene rings is 1. The summed E-state index contributed by atoms with van der Waals surface area (Å²) in [6.07, 6.45) is 5.49. The minimum atomic E-state index is 0.685. The van der Waals surface area contributed by atoms with Gasteiger partial charge in [-0.05, 0) is 43.4 Å². The van der Waals surface area contributed by atoms with E-state index in [2.05, 4.69) is 35.8 Å². The van der Waals surface area contributed by atoms with E-state index >= 15 is 0 Å². The zero-order valence-electron chi connectivity index (χ0n) is 9.92. The standard InChI is InChI=1S/C14H20N2/c1-10-6-7-13-14(8-10)16-12-5-3-2-4-11(12)9-15-13/h6-8,11-12,15-16H,2-5,9H2,1H3. The quantitative estimate of drug-likeness (QED) is 0.694. The van der Waals surface area contributed by atoms with E-state index in [4.69, 9.17) is 0 Å². The number of aryl methyl sites for hydroxylation is 1. The summed E-state index contributed by atoms with van der Waals surface area (Å²) in [7, 11) is 0. The summed E-state index contributed by atoms with van der Waals surface area (Å²) in [5.74, 6) is 0.807. The second-order valence-corrected chi connectivity index (χ2v) is 5.23. The van der Waals surface area contributed by atoms with Gasteiger partial charge in [-0.25, -0.2) is 0 Å². The van der Waals surface area contributed by atoms with Gasteiger partial charge in [-0.15, -0.1) is 0 Å². The highest BCUT2D eigenvalue weighted by Gasteiger charge is 2.27. The van der Waals surface area contributed by atoms with Gasteiger partial charge in [-0.2, -0.15) is 0 Å². The first-order chi connectivity index (χ1) is 7.83. The van der Waals surface area contributed by atoms with Crippen LogP contribution >= 0.6 is 0 Å². The molecule has 1 aromatic carbocycles. The van der Waals surface area contributed by atoms with Crippen molar-refractivity contribution in [1.29, 1.82) is 0 Å². The van der Waals surface area contributed by atoms with Gasteiger partial charge in [-0.1, -0.05) is 18.9 Å². The molecule has 2 N–H and O–H groups in total. The van der Waals surface area contributed by atoms with Crippen molar-refractivity contribution in [3.8, 4) is 0 Å². The molecule has 2 atom stereocenters. The third kappa shape index (κ3) is 1.77. The van der Waals surface area contributed by atoms with Crippen molar-refractivity contribution in [2.24, 2.45) is 5.92 Å². The predicted octanol–water partition coefficient (Wildman–Crippen LogP) is 3.39. The summed E-state index contributed by atoms with van der Waals surface area (Å²) in [6.45, 7) is 3.29. The topological polar surface area (TPSA) is 24.1 Å². The van der Waals surface area contributed by atoms with Crippen LogP contribution in [0.25, 0.3) is 0 Å². The zero-order valence-corrected chi connectivity index (χ0v) is 9.92. The third-order valence-corrected chi connectivity index (χ3v) is 3.98. The van der Waals surface area contributed by atoms with Crippen LogP contribution in [0, 0.1) is 12.8 Å². The number of rotatable bonds is 0. The van der Waals surface area contributed by atoms with Gasteiger partial charge in [0.25, 0.3) is 0 Å². The Morgan fingerprint density at radius 1 is 1.12 bits per heavy atom. The van der Waals surface area contributed by atoms with Gasteiger partial charge in [0.2, 0.25) is 0 Å². The summed E-state index contributed by atoms with van der Waals surface area (Å²) in [5.41, 5.74) is 3.91. The Morgan fingerprint density at radius 2 is 2.00 bits per heavy atom. The van der Waals surface area contributed by atoms with E-state index in [9.17, 15) is 0 Å². The highest BCUT2D eigenvalue weighted by atomic mass is 15.0. The fourth-order valence-corrected chi connectivity index (χ4v) is 3.01. The van der Waals surface area contributed by atoms with Crippen molar-refractivity contribution >= 4 is 11.4 Å². The fraction of sp³-hybridized carbons (Fsp3) is 0.571. The largest absolute Gasteiger partial charge is 0.383 e. The van der Waals surface area contributed by atoms with Gasteiger partial charge in [0.15, 0.2) is 0 Å². The number of hydrogen-bond donors (Lipinski definition) is 2. The van der Waals surface area contributed by atoms with E-state index < -0.39 is 0 Å². The maximum absolute atomic E-state index is 3.74. The molecule has 1 aliphatic heterocycles. The van der Waals surface area contributed by atoms with Crippen LogP contribution in [-0.4, -0.2) is 12.6 Å². The van der Waals surface area contributed by atoms with Gasteiger partial charge >= 0.3 is 0 Å². The van der Waals surface area contributed by atoms with E-state index in [0.29, 0.717) is 6.04 Å². The van der Waals surface area contributed by atoms with Crippen LogP contribution in [0.1, 0.15) is 31.2 Å². The average Bonchev–Trinajstić information content (AvgIpc) is 2.47. The Morgan fingerprint density at radius 3 is 2.94 bits per heavy atom. The molecule has 1 fully saturated rings. The lowest BCUT2D eigenvalue weighted by Gasteiger charge is -2.30. The summed E-state index contributed by atoms with van der Waals surface area (Å²) in [4.78, 5) is 0. The van der Waals surface area contributed by atoms with Crippen LogP contribution in [0.5, 0.6) is 0 Å². The van der Waals surface area contributed by atoms with Crippen molar-refractivity contribution in [3.05, 3.63) is 23.8 Å². The Bertz CT molecular complexity index is 386. The minimum absolute atomic E-state index is 0.685. The minimum Gasteiger partial charge on any atom is -0.383 e. The number of nitrogens with one attached hydrogen (secondary N) is 2. The molecule has 1 saturated carbocycles. The Labute approximate surface area is 97.4 Å². The van der Waals surface area contributed by atoms with Crippen molar-refractivity contribution in [2.45, 2.75) is 38.6 Å². The average molecular weight is 216 g/mol. The molecule has 2 heteroatoms. The maximum Gasteiger partial charge on any atom is 0.0580 e. The number of fused-ring (bicyclic) bond motifs is 2. The van der Waals surface area contributed by atoms with Crippen LogP contribution in [0.2, 0.25) is 0 Å². The molecule has 0 bridgehead atoms. The molecular weight excluding hydrogens is 196 g/mol. The molecule has 1 aromatic rings. The molecule has 1 aliphatic carbocycles. The number of anilines is 2. The molecule has 0 radical (unpaired) electrons. The van der Waals surface area contributed by atoms with Crippen LogP contribution in [0.4, 0.5) is 11.4 Å². The SMILES string of the molecule is Cc1ccc2c(c1)NC1CCCCC1CN2. The molecule has 2 nitrogen and oxygen atoms in total. The second-order valence-electron chi connectivity index (χ2n) is 5.23. The molecular formula is C14H20N2. The van der Waals surface area contributed by atoms with Crippen molar-refractivity contribution in [3.63, 3.8) is 0 Å². The first-order valence-electron chi connectivity index (χ1n) is 6.44. The second kappa shape index (κ2) is 4.00. The third-order valence-electron chi connectivity index (χ3n) is 3.98. The zero-order chi connectivity index (χ0) is 11.0. The molecule has 0 saturated heterocycles.